The lowest BCUT2D eigenvalue weighted by molar-refractivity contribution is 0.0934. The van der Waals surface area contributed by atoms with E-state index < -0.39 is 0 Å². The first-order chi connectivity index (χ1) is 9.61. The quantitative estimate of drug-likeness (QED) is 0.874. The molecule has 0 aliphatic rings. The van der Waals surface area contributed by atoms with E-state index in [4.69, 9.17) is 4.42 Å². The maximum Gasteiger partial charge on any atom is 0.255 e. The summed E-state index contributed by atoms with van der Waals surface area (Å²) in [6.45, 7) is 6.29. The second-order valence-corrected chi connectivity index (χ2v) is 4.43. The van der Waals surface area contributed by atoms with E-state index in [0.29, 0.717) is 23.8 Å². The van der Waals surface area contributed by atoms with E-state index in [1.165, 1.54) is 0 Å². The Morgan fingerprint density at radius 3 is 2.90 bits per heavy atom. The molecule has 0 radical (unpaired) electrons. The van der Waals surface area contributed by atoms with Gasteiger partial charge in [-0.05, 0) is 32.9 Å². The molecular weight excluding hydrogens is 256 g/mol. The first kappa shape index (κ1) is 14.0. The van der Waals surface area contributed by atoms with Gasteiger partial charge < -0.3 is 15.1 Å². The highest BCUT2D eigenvalue weighted by molar-refractivity contribution is 5.98. The number of hydrogen-bond acceptors (Lipinski definition) is 5. The van der Waals surface area contributed by atoms with E-state index in [2.05, 4.69) is 20.6 Å². The fourth-order valence-electron chi connectivity index (χ4n) is 1.81. The molecule has 1 amide bonds. The lowest BCUT2D eigenvalue weighted by Crippen LogP contribution is -2.27. The molecule has 2 heterocycles. The maximum atomic E-state index is 12.3. The largest absolute Gasteiger partial charge is 0.444 e. The summed E-state index contributed by atoms with van der Waals surface area (Å²) in [6, 6.07) is 3.16. The van der Waals surface area contributed by atoms with Gasteiger partial charge in [0.1, 0.15) is 17.6 Å². The average molecular weight is 274 g/mol. The third-order valence-corrected chi connectivity index (χ3v) is 2.75. The molecule has 1 atom stereocenters. The van der Waals surface area contributed by atoms with Crippen molar-refractivity contribution in [3.8, 4) is 0 Å². The summed E-state index contributed by atoms with van der Waals surface area (Å²) in [6.07, 6.45) is 3.28. The van der Waals surface area contributed by atoms with Crippen molar-refractivity contribution in [3.05, 3.63) is 41.7 Å². The first-order valence-corrected chi connectivity index (χ1v) is 6.54. The molecule has 0 saturated carbocycles. The summed E-state index contributed by atoms with van der Waals surface area (Å²) in [4.78, 5) is 20.5. The second-order valence-electron chi connectivity index (χ2n) is 4.43. The molecule has 0 aromatic carbocycles. The summed E-state index contributed by atoms with van der Waals surface area (Å²) in [5.41, 5.74) is 0.504. The number of nitrogens with one attached hydrogen (secondary N) is 2. The third-order valence-electron chi connectivity index (χ3n) is 2.75. The highest BCUT2D eigenvalue weighted by atomic mass is 16.4. The van der Waals surface area contributed by atoms with Crippen molar-refractivity contribution in [2.45, 2.75) is 26.8 Å². The Morgan fingerprint density at radius 1 is 1.45 bits per heavy atom. The molecule has 1 unspecified atom stereocenters. The van der Waals surface area contributed by atoms with E-state index >= 15 is 0 Å². The van der Waals surface area contributed by atoms with Crippen LogP contribution in [0.3, 0.4) is 0 Å². The SMILES string of the molecule is CCNc1ncccc1C(=O)NC(C)c1ncc(C)o1. The molecule has 6 nitrogen and oxygen atoms in total. The van der Waals surface area contributed by atoms with Gasteiger partial charge in [-0.25, -0.2) is 9.97 Å². The molecule has 2 N–H and O–H groups in total. The van der Waals surface area contributed by atoms with Gasteiger partial charge in [-0.1, -0.05) is 0 Å². The Morgan fingerprint density at radius 2 is 2.25 bits per heavy atom. The molecular formula is C14H18N4O2. The van der Waals surface area contributed by atoms with Crippen LogP contribution in [0.4, 0.5) is 5.82 Å². The van der Waals surface area contributed by atoms with Crippen molar-refractivity contribution in [2.75, 3.05) is 11.9 Å². The minimum atomic E-state index is -0.300. The Labute approximate surface area is 117 Å². The maximum absolute atomic E-state index is 12.3. The van der Waals surface area contributed by atoms with E-state index in [1.807, 2.05) is 20.8 Å². The van der Waals surface area contributed by atoms with Crippen molar-refractivity contribution in [1.29, 1.82) is 0 Å². The van der Waals surface area contributed by atoms with E-state index in [1.54, 1.807) is 24.5 Å². The van der Waals surface area contributed by atoms with Crippen molar-refractivity contribution >= 4 is 11.7 Å². The van der Waals surface area contributed by atoms with Crippen molar-refractivity contribution in [2.24, 2.45) is 0 Å². The molecule has 0 fully saturated rings. The van der Waals surface area contributed by atoms with E-state index in [-0.39, 0.29) is 11.9 Å². The van der Waals surface area contributed by atoms with Gasteiger partial charge in [0, 0.05) is 12.7 Å². The molecule has 0 aliphatic carbocycles. The number of aryl methyl sites for hydroxylation is 1. The Bertz CT molecular complexity index is 594. The van der Waals surface area contributed by atoms with Crippen LogP contribution in [0.1, 0.15) is 41.9 Å². The van der Waals surface area contributed by atoms with Gasteiger partial charge in [-0.15, -0.1) is 0 Å². The third kappa shape index (κ3) is 3.14. The number of anilines is 1. The van der Waals surface area contributed by atoms with Crippen LogP contribution in [0.25, 0.3) is 0 Å². The number of aromatic nitrogens is 2. The molecule has 2 aromatic rings. The minimum absolute atomic E-state index is 0.211. The predicted molar refractivity (Wildman–Crippen MR) is 75.5 cm³/mol. The zero-order valence-electron chi connectivity index (χ0n) is 11.8. The van der Waals surface area contributed by atoms with Crippen molar-refractivity contribution in [3.63, 3.8) is 0 Å². The van der Waals surface area contributed by atoms with Crippen LogP contribution in [0.2, 0.25) is 0 Å². The number of pyridine rings is 1. The van der Waals surface area contributed by atoms with Crippen LogP contribution >= 0.6 is 0 Å². The number of hydrogen-bond donors (Lipinski definition) is 2. The molecule has 0 spiro atoms. The fraction of sp³-hybridized carbons (Fsp3) is 0.357. The van der Waals surface area contributed by atoms with Crippen molar-refractivity contribution in [1.82, 2.24) is 15.3 Å². The molecule has 6 heteroatoms. The van der Waals surface area contributed by atoms with Gasteiger partial charge in [0.2, 0.25) is 5.89 Å². The summed E-state index contributed by atoms with van der Waals surface area (Å²) in [5, 5.41) is 5.91. The monoisotopic (exact) mass is 274 g/mol. The number of carbonyl (C=O) groups is 1. The number of carbonyl (C=O) groups excluding carboxylic acids is 1. The minimum Gasteiger partial charge on any atom is -0.444 e. The lowest BCUT2D eigenvalue weighted by atomic mass is 10.2. The lowest BCUT2D eigenvalue weighted by Gasteiger charge is -2.13. The van der Waals surface area contributed by atoms with Crippen LogP contribution in [-0.2, 0) is 0 Å². The van der Waals surface area contributed by atoms with Gasteiger partial charge in [0.25, 0.3) is 5.91 Å². The summed E-state index contributed by atoms with van der Waals surface area (Å²) in [7, 11) is 0. The molecule has 20 heavy (non-hydrogen) atoms. The van der Waals surface area contributed by atoms with Crippen LogP contribution in [0.5, 0.6) is 0 Å². The molecule has 0 saturated heterocycles. The standard InChI is InChI=1S/C14H18N4O2/c1-4-15-12-11(6-5-7-16-12)13(19)18-10(3)14-17-8-9(2)20-14/h5-8,10H,4H2,1-3H3,(H,15,16)(H,18,19). The van der Waals surface area contributed by atoms with E-state index in [9.17, 15) is 4.79 Å². The Balaban J connectivity index is 2.12. The zero-order valence-corrected chi connectivity index (χ0v) is 11.8. The van der Waals surface area contributed by atoms with Crippen LogP contribution < -0.4 is 10.6 Å². The highest BCUT2D eigenvalue weighted by Crippen LogP contribution is 2.15. The van der Waals surface area contributed by atoms with Crippen LogP contribution in [-0.4, -0.2) is 22.4 Å². The number of rotatable bonds is 5. The Kier molecular flexibility index (Phi) is 4.34. The molecule has 106 valence electrons. The van der Waals surface area contributed by atoms with Crippen LogP contribution in [0.15, 0.2) is 28.9 Å². The normalized spacial score (nSPS) is 11.9. The number of nitrogens with zero attached hydrogens (tertiary/aromatic N) is 2. The topological polar surface area (TPSA) is 80.0 Å². The summed E-state index contributed by atoms with van der Waals surface area (Å²) in [5.74, 6) is 1.57. The number of amides is 1. The van der Waals surface area contributed by atoms with Gasteiger partial charge in [0.05, 0.1) is 11.8 Å². The van der Waals surface area contributed by atoms with Gasteiger partial charge in [-0.2, -0.15) is 0 Å². The van der Waals surface area contributed by atoms with E-state index in [0.717, 1.165) is 5.76 Å². The Hall–Kier alpha value is -2.37. The van der Waals surface area contributed by atoms with Gasteiger partial charge >= 0.3 is 0 Å². The zero-order chi connectivity index (χ0) is 14.5. The molecule has 0 aliphatic heterocycles. The second kappa shape index (κ2) is 6.18. The summed E-state index contributed by atoms with van der Waals surface area (Å²) >= 11 is 0. The van der Waals surface area contributed by atoms with Gasteiger partial charge in [-0.3, -0.25) is 4.79 Å². The molecule has 2 rings (SSSR count). The van der Waals surface area contributed by atoms with Gasteiger partial charge in [0.15, 0.2) is 0 Å². The average Bonchev–Trinajstić information content (AvgIpc) is 2.86. The first-order valence-electron chi connectivity index (χ1n) is 6.54. The van der Waals surface area contributed by atoms with Crippen molar-refractivity contribution < 1.29 is 9.21 Å². The highest BCUT2D eigenvalue weighted by Gasteiger charge is 2.17. The smallest absolute Gasteiger partial charge is 0.255 e. The predicted octanol–water partition coefficient (Wildman–Crippen LogP) is 2.30. The molecule has 0 bridgehead atoms. The fourth-order valence-corrected chi connectivity index (χ4v) is 1.81. The van der Waals surface area contributed by atoms with Crippen LogP contribution in [0, 0.1) is 6.92 Å². The summed E-state index contributed by atoms with van der Waals surface area (Å²) < 4.78 is 5.40. The number of oxazole rings is 1. The molecule has 2 aromatic heterocycles.